The molecule has 2 aromatic carbocycles. The Morgan fingerprint density at radius 3 is 2.47 bits per heavy atom. The summed E-state index contributed by atoms with van der Waals surface area (Å²) < 4.78 is 2.74. The number of para-hydroxylation sites is 1. The van der Waals surface area contributed by atoms with Gasteiger partial charge in [-0.2, -0.15) is 4.57 Å². The Balaban J connectivity index is 1.81. The smallest absolute Gasteiger partial charge is 0.294 e. The summed E-state index contributed by atoms with van der Waals surface area (Å²) in [6, 6.07) is 16.5. The minimum atomic E-state index is -0.777. The summed E-state index contributed by atoms with van der Waals surface area (Å²) >= 11 is 3.55. The maximum absolute atomic E-state index is 13.6. The molecule has 0 spiro atoms. The van der Waals surface area contributed by atoms with Crippen LogP contribution in [0.3, 0.4) is 0 Å². The molecular weight excluding hydrogens is 442 g/mol. The number of aromatic nitrogens is 1. The fourth-order valence-corrected chi connectivity index (χ4v) is 4.23. The molecule has 4 rings (SSSR count). The lowest BCUT2D eigenvalue weighted by Gasteiger charge is -2.32. The minimum Gasteiger partial charge on any atom is -0.323 e. The van der Waals surface area contributed by atoms with Gasteiger partial charge in [-0.1, -0.05) is 46.3 Å². The summed E-state index contributed by atoms with van der Waals surface area (Å²) in [4.78, 5) is 28.4. The van der Waals surface area contributed by atoms with Crippen LogP contribution >= 0.6 is 15.9 Å². The van der Waals surface area contributed by atoms with Crippen LogP contribution in [-0.4, -0.2) is 11.8 Å². The standard InChI is InChI=1S/C24H22BrN3O2/c1-15-10-11-18(13-19(15)25)28-21(29)14-27-12-5-4-9-20(27)23(28)24(30)26-22-16(2)7-6-8-17(22)3/h4-13,23H,14H2,1-3H3/p+1/t23-/m0/s1. The van der Waals surface area contributed by atoms with E-state index in [0.717, 1.165) is 32.5 Å². The molecule has 0 saturated carbocycles. The molecule has 152 valence electrons. The maximum Gasteiger partial charge on any atom is 0.294 e. The maximum atomic E-state index is 13.6. The zero-order chi connectivity index (χ0) is 21.4. The summed E-state index contributed by atoms with van der Waals surface area (Å²) in [5, 5.41) is 3.08. The summed E-state index contributed by atoms with van der Waals surface area (Å²) in [6.45, 7) is 6.11. The van der Waals surface area contributed by atoms with Crippen molar-refractivity contribution < 1.29 is 14.2 Å². The molecular formula is C24H23BrN3O2+. The molecule has 2 heterocycles. The van der Waals surface area contributed by atoms with Gasteiger partial charge in [0.1, 0.15) is 0 Å². The van der Waals surface area contributed by atoms with Crippen LogP contribution in [0.4, 0.5) is 11.4 Å². The van der Waals surface area contributed by atoms with Crippen LogP contribution in [0.5, 0.6) is 0 Å². The molecule has 0 bridgehead atoms. The number of nitrogens with zero attached hydrogens (tertiary/aromatic N) is 2. The van der Waals surface area contributed by atoms with Crippen LogP contribution in [0.1, 0.15) is 28.4 Å². The van der Waals surface area contributed by atoms with Crippen molar-refractivity contribution in [1.82, 2.24) is 0 Å². The Hall–Kier alpha value is -2.99. The number of amides is 2. The lowest BCUT2D eigenvalue weighted by molar-refractivity contribution is -0.695. The van der Waals surface area contributed by atoms with Gasteiger partial charge in [0, 0.05) is 28.0 Å². The van der Waals surface area contributed by atoms with E-state index in [1.807, 2.05) is 86.1 Å². The van der Waals surface area contributed by atoms with Crippen molar-refractivity contribution in [3.8, 4) is 0 Å². The number of carbonyl (C=O) groups excluding carboxylic acids is 2. The largest absolute Gasteiger partial charge is 0.323 e. The lowest BCUT2D eigenvalue weighted by atomic mass is 10.0. The van der Waals surface area contributed by atoms with E-state index in [0.29, 0.717) is 5.69 Å². The van der Waals surface area contributed by atoms with E-state index in [4.69, 9.17) is 0 Å². The van der Waals surface area contributed by atoms with Gasteiger partial charge in [-0.3, -0.25) is 14.5 Å². The number of nitrogens with one attached hydrogen (secondary N) is 1. The number of halogens is 1. The SMILES string of the molecule is Cc1ccc(N2C(=O)C[n+]3ccccc3[C@H]2C(=O)Nc2c(C)cccc2C)cc1Br. The minimum absolute atomic E-state index is 0.129. The highest BCUT2D eigenvalue weighted by molar-refractivity contribution is 9.10. The van der Waals surface area contributed by atoms with Gasteiger partial charge in [0.25, 0.3) is 11.8 Å². The average Bonchev–Trinajstić information content (AvgIpc) is 2.72. The molecule has 0 radical (unpaired) electrons. The predicted octanol–water partition coefficient (Wildman–Crippen LogP) is 4.39. The first-order chi connectivity index (χ1) is 14.4. The first-order valence-corrected chi connectivity index (χ1v) is 10.6. The zero-order valence-electron chi connectivity index (χ0n) is 17.1. The number of rotatable bonds is 3. The second-order valence-electron chi connectivity index (χ2n) is 7.61. The van der Waals surface area contributed by atoms with Crippen LogP contribution in [0.2, 0.25) is 0 Å². The molecule has 1 atom stereocenters. The Kier molecular flexibility index (Phi) is 5.43. The van der Waals surface area contributed by atoms with Crippen molar-refractivity contribution in [3.05, 3.63) is 87.7 Å². The van der Waals surface area contributed by atoms with Crippen molar-refractivity contribution in [2.45, 2.75) is 33.4 Å². The predicted molar refractivity (Wildman–Crippen MR) is 120 cm³/mol. The number of benzene rings is 2. The number of fused-ring (bicyclic) bond motifs is 1. The number of hydrogen-bond donors (Lipinski definition) is 1. The number of carbonyl (C=O) groups is 2. The van der Waals surface area contributed by atoms with Gasteiger partial charge in [-0.15, -0.1) is 0 Å². The van der Waals surface area contributed by atoms with Crippen LogP contribution in [0.15, 0.2) is 65.3 Å². The molecule has 0 aliphatic carbocycles. The van der Waals surface area contributed by atoms with Gasteiger partial charge < -0.3 is 5.32 Å². The fourth-order valence-electron chi connectivity index (χ4n) is 3.86. The van der Waals surface area contributed by atoms with E-state index in [9.17, 15) is 9.59 Å². The first kappa shape index (κ1) is 20.3. The van der Waals surface area contributed by atoms with E-state index in [-0.39, 0.29) is 18.4 Å². The third kappa shape index (κ3) is 3.63. The molecule has 3 aromatic rings. The van der Waals surface area contributed by atoms with Crippen LogP contribution in [-0.2, 0) is 16.1 Å². The van der Waals surface area contributed by atoms with Crippen molar-refractivity contribution in [2.75, 3.05) is 10.2 Å². The van der Waals surface area contributed by atoms with E-state index < -0.39 is 6.04 Å². The second-order valence-corrected chi connectivity index (χ2v) is 8.46. The summed E-state index contributed by atoms with van der Waals surface area (Å²) in [7, 11) is 0. The molecule has 1 aliphatic heterocycles. The molecule has 0 fully saturated rings. The summed E-state index contributed by atoms with van der Waals surface area (Å²) in [5.41, 5.74) is 5.28. The zero-order valence-corrected chi connectivity index (χ0v) is 18.7. The van der Waals surface area contributed by atoms with E-state index in [1.54, 1.807) is 4.90 Å². The normalized spacial score (nSPS) is 15.7. The molecule has 6 heteroatoms. The second kappa shape index (κ2) is 8.03. The first-order valence-electron chi connectivity index (χ1n) is 9.80. The van der Waals surface area contributed by atoms with Crippen molar-refractivity contribution in [2.24, 2.45) is 0 Å². The van der Waals surface area contributed by atoms with Gasteiger partial charge in [0.05, 0.1) is 0 Å². The number of pyridine rings is 1. The highest BCUT2D eigenvalue weighted by atomic mass is 79.9. The van der Waals surface area contributed by atoms with E-state index in [1.165, 1.54) is 0 Å². The van der Waals surface area contributed by atoms with Gasteiger partial charge >= 0.3 is 0 Å². The molecule has 0 saturated heterocycles. The van der Waals surface area contributed by atoms with Crippen molar-refractivity contribution >= 4 is 39.1 Å². The molecule has 1 aromatic heterocycles. The van der Waals surface area contributed by atoms with Gasteiger partial charge in [0.15, 0.2) is 6.20 Å². The number of anilines is 2. The van der Waals surface area contributed by atoms with Gasteiger partial charge in [0.2, 0.25) is 18.3 Å². The Morgan fingerprint density at radius 1 is 1.03 bits per heavy atom. The van der Waals surface area contributed by atoms with Crippen molar-refractivity contribution in [1.29, 1.82) is 0 Å². The lowest BCUT2D eigenvalue weighted by Crippen LogP contribution is -2.58. The summed E-state index contributed by atoms with van der Waals surface area (Å²) in [5.74, 6) is -0.367. The average molecular weight is 465 g/mol. The molecule has 2 amide bonds. The summed E-state index contributed by atoms with van der Waals surface area (Å²) in [6.07, 6.45) is 1.84. The Morgan fingerprint density at radius 2 is 1.77 bits per heavy atom. The highest BCUT2D eigenvalue weighted by Gasteiger charge is 2.43. The van der Waals surface area contributed by atoms with Gasteiger partial charge in [-0.25, -0.2) is 0 Å². The Bertz CT molecular complexity index is 1140. The Labute approximate surface area is 184 Å². The molecule has 1 N–H and O–H groups in total. The van der Waals surface area contributed by atoms with Crippen LogP contribution in [0, 0.1) is 20.8 Å². The molecule has 1 aliphatic rings. The fraction of sp³-hybridized carbons (Fsp3) is 0.208. The molecule has 30 heavy (non-hydrogen) atoms. The van der Waals surface area contributed by atoms with Gasteiger partial charge in [-0.05, 0) is 49.6 Å². The highest BCUT2D eigenvalue weighted by Crippen LogP contribution is 2.33. The monoisotopic (exact) mass is 464 g/mol. The van der Waals surface area contributed by atoms with E-state index in [2.05, 4.69) is 21.2 Å². The number of aryl methyl sites for hydroxylation is 3. The topological polar surface area (TPSA) is 53.3 Å². The molecule has 5 nitrogen and oxygen atoms in total. The third-order valence-electron chi connectivity index (χ3n) is 5.50. The number of hydrogen-bond acceptors (Lipinski definition) is 2. The van der Waals surface area contributed by atoms with Crippen molar-refractivity contribution in [3.63, 3.8) is 0 Å². The van der Waals surface area contributed by atoms with Crippen LogP contribution < -0.4 is 14.8 Å². The van der Waals surface area contributed by atoms with Crippen LogP contribution in [0.25, 0.3) is 0 Å². The molecule has 0 unspecified atom stereocenters. The van der Waals surface area contributed by atoms with E-state index >= 15 is 0 Å². The quantitative estimate of drug-likeness (QED) is 0.584. The third-order valence-corrected chi connectivity index (χ3v) is 6.35.